The number of amides is 1. The Morgan fingerprint density at radius 2 is 1.90 bits per heavy atom. The first-order valence-electron chi connectivity index (χ1n) is 6.25. The van der Waals surface area contributed by atoms with Crippen LogP contribution in [-0.4, -0.2) is 36.1 Å². The van der Waals surface area contributed by atoms with Gasteiger partial charge in [-0.25, -0.2) is 4.79 Å². The number of methoxy groups -OCH3 is 1. The largest absolute Gasteiger partial charge is 0.480 e. The number of hydrogen-bond acceptors (Lipinski definition) is 4. The summed E-state index contributed by atoms with van der Waals surface area (Å²) in [5.41, 5.74) is 0.717. The fourth-order valence-electron chi connectivity index (χ4n) is 1.65. The minimum absolute atomic E-state index is 0.0195. The van der Waals surface area contributed by atoms with Gasteiger partial charge in [0.1, 0.15) is 6.04 Å². The lowest BCUT2D eigenvalue weighted by atomic mass is 10.1. The van der Waals surface area contributed by atoms with E-state index in [4.69, 9.17) is 16.7 Å². The number of carbonyl (C=O) groups is 3. The molecule has 1 amide bonds. The molecule has 0 aromatic heterocycles. The molecular formula is C14H16ClNO5. The molecule has 0 saturated heterocycles. The molecule has 2 N–H and O–H groups in total. The maximum atomic E-state index is 11.8. The molecule has 0 saturated carbocycles. The highest BCUT2D eigenvalue weighted by molar-refractivity contribution is 6.30. The van der Waals surface area contributed by atoms with Crippen LogP contribution in [0.2, 0.25) is 5.02 Å². The molecule has 0 radical (unpaired) electrons. The van der Waals surface area contributed by atoms with Gasteiger partial charge < -0.3 is 15.2 Å². The van der Waals surface area contributed by atoms with E-state index in [-0.39, 0.29) is 19.3 Å². The fourth-order valence-corrected chi connectivity index (χ4v) is 1.78. The Hall–Kier alpha value is -2.08. The molecule has 0 heterocycles. The van der Waals surface area contributed by atoms with Crippen molar-refractivity contribution in [2.24, 2.45) is 0 Å². The number of esters is 1. The summed E-state index contributed by atoms with van der Waals surface area (Å²) in [6.07, 6.45) is -0.0533. The lowest BCUT2D eigenvalue weighted by Crippen LogP contribution is -2.41. The zero-order valence-electron chi connectivity index (χ0n) is 11.5. The molecule has 114 valence electrons. The van der Waals surface area contributed by atoms with E-state index in [0.29, 0.717) is 10.6 Å². The van der Waals surface area contributed by atoms with Crippen LogP contribution in [0.15, 0.2) is 24.3 Å². The third kappa shape index (κ3) is 6.27. The van der Waals surface area contributed by atoms with Crippen LogP contribution < -0.4 is 5.32 Å². The van der Waals surface area contributed by atoms with Crippen molar-refractivity contribution >= 4 is 29.4 Å². The average molecular weight is 314 g/mol. The number of hydrogen-bond donors (Lipinski definition) is 2. The summed E-state index contributed by atoms with van der Waals surface area (Å²) in [5, 5.41) is 12.0. The number of carboxylic acid groups (broad SMARTS) is 1. The Balaban J connectivity index is 2.54. The van der Waals surface area contributed by atoms with Gasteiger partial charge in [-0.2, -0.15) is 0 Å². The molecule has 1 aromatic carbocycles. The van der Waals surface area contributed by atoms with Gasteiger partial charge >= 0.3 is 11.9 Å². The second-order valence-electron chi connectivity index (χ2n) is 4.38. The van der Waals surface area contributed by atoms with E-state index in [0.717, 1.165) is 0 Å². The maximum absolute atomic E-state index is 11.8. The van der Waals surface area contributed by atoms with Crippen LogP contribution in [-0.2, 0) is 25.5 Å². The standard InChI is InChI=1S/C14H16ClNO5/c1-21-13(18)7-6-11(14(19)20)16-12(17)8-9-2-4-10(15)5-3-9/h2-5,11H,6-8H2,1H3,(H,16,17)(H,19,20)/t11-/m1/s1. The summed E-state index contributed by atoms with van der Waals surface area (Å²) >= 11 is 5.74. The van der Waals surface area contributed by atoms with Gasteiger partial charge in [0.05, 0.1) is 13.5 Å². The number of halogens is 1. The molecule has 6 nitrogen and oxygen atoms in total. The maximum Gasteiger partial charge on any atom is 0.326 e. The van der Waals surface area contributed by atoms with Gasteiger partial charge in [0, 0.05) is 11.4 Å². The van der Waals surface area contributed by atoms with Crippen molar-refractivity contribution in [1.29, 1.82) is 0 Å². The van der Waals surface area contributed by atoms with Gasteiger partial charge in [0.15, 0.2) is 0 Å². The number of carboxylic acids is 1. The SMILES string of the molecule is COC(=O)CC[C@@H](NC(=O)Cc1ccc(Cl)cc1)C(=O)O. The Morgan fingerprint density at radius 3 is 2.43 bits per heavy atom. The Labute approximate surface area is 127 Å². The van der Waals surface area contributed by atoms with Crippen molar-refractivity contribution in [3.8, 4) is 0 Å². The molecule has 0 aliphatic heterocycles. The Morgan fingerprint density at radius 1 is 1.29 bits per heavy atom. The quantitative estimate of drug-likeness (QED) is 0.742. The molecule has 0 bridgehead atoms. The highest BCUT2D eigenvalue weighted by Gasteiger charge is 2.21. The van der Waals surface area contributed by atoms with Crippen LogP contribution in [0.1, 0.15) is 18.4 Å². The van der Waals surface area contributed by atoms with Crippen molar-refractivity contribution in [2.45, 2.75) is 25.3 Å². The molecule has 21 heavy (non-hydrogen) atoms. The number of aliphatic carboxylic acids is 1. The van der Waals surface area contributed by atoms with E-state index in [1.165, 1.54) is 7.11 Å². The molecule has 7 heteroatoms. The summed E-state index contributed by atoms with van der Waals surface area (Å²) in [6, 6.07) is 5.55. The predicted molar refractivity (Wildman–Crippen MR) is 76.0 cm³/mol. The third-order valence-electron chi connectivity index (χ3n) is 2.78. The zero-order valence-corrected chi connectivity index (χ0v) is 12.2. The van der Waals surface area contributed by atoms with Gasteiger partial charge in [-0.3, -0.25) is 9.59 Å². The van der Waals surface area contributed by atoms with Crippen LogP contribution >= 0.6 is 11.6 Å². The molecule has 1 rings (SSSR count). The van der Waals surface area contributed by atoms with E-state index in [9.17, 15) is 14.4 Å². The molecule has 1 atom stereocenters. The smallest absolute Gasteiger partial charge is 0.326 e. The first kappa shape index (κ1) is 17.0. The summed E-state index contributed by atoms with van der Waals surface area (Å²) in [5.74, 6) is -2.15. The van der Waals surface area contributed by atoms with Gasteiger partial charge in [-0.1, -0.05) is 23.7 Å². The number of benzene rings is 1. The number of rotatable bonds is 7. The van der Waals surface area contributed by atoms with Crippen LogP contribution in [0.4, 0.5) is 0 Å². The Bertz CT molecular complexity index is 515. The first-order chi connectivity index (χ1) is 9.92. The van der Waals surface area contributed by atoms with Crippen molar-refractivity contribution in [3.63, 3.8) is 0 Å². The van der Waals surface area contributed by atoms with Crippen LogP contribution in [0.3, 0.4) is 0 Å². The second-order valence-corrected chi connectivity index (χ2v) is 4.81. The molecule has 1 aromatic rings. The van der Waals surface area contributed by atoms with Crippen LogP contribution in [0.25, 0.3) is 0 Å². The van der Waals surface area contributed by atoms with Gasteiger partial charge in [-0.05, 0) is 24.1 Å². The molecule has 0 fully saturated rings. The first-order valence-corrected chi connectivity index (χ1v) is 6.63. The Kier molecular flexibility index (Phi) is 6.68. The minimum atomic E-state index is -1.19. The molecule has 0 aliphatic rings. The summed E-state index contributed by atoms with van der Waals surface area (Å²) in [6.45, 7) is 0. The van der Waals surface area contributed by atoms with Gasteiger partial charge in [-0.15, -0.1) is 0 Å². The zero-order chi connectivity index (χ0) is 15.8. The normalized spacial score (nSPS) is 11.5. The summed E-state index contributed by atoms with van der Waals surface area (Å²) in [4.78, 5) is 33.9. The van der Waals surface area contributed by atoms with Crippen molar-refractivity contribution in [1.82, 2.24) is 5.32 Å². The lowest BCUT2D eigenvalue weighted by molar-refractivity contribution is -0.144. The van der Waals surface area contributed by atoms with Crippen LogP contribution in [0, 0.1) is 0 Å². The van der Waals surface area contributed by atoms with E-state index in [1.807, 2.05) is 0 Å². The molecule has 0 unspecified atom stereocenters. The van der Waals surface area contributed by atoms with Gasteiger partial charge in [0.2, 0.25) is 5.91 Å². The monoisotopic (exact) mass is 313 g/mol. The predicted octanol–water partition coefficient (Wildman–Crippen LogP) is 1.41. The second kappa shape index (κ2) is 8.26. The van der Waals surface area contributed by atoms with Crippen molar-refractivity contribution in [2.75, 3.05) is 7.11 Å². The molecular weight excluding hydrogens is 298 g/mol. The number of carbonyl (C=O) groups excluding carboxylic acids is 2. The molecule has 0 aliphatic carbocycles. The van der Waals surface area contributed by atoms with Crippen molar-refractivity contribution in [3.05, 3.63) is 34.9 Å². The van der Waals surface area contributed by atoms with E-state index in [1.54, 1.807) is 24.3 Å². The molecule has 0 spiro atoms. The van der Waals surface area contributed by atoms with E-state index >= 15 is 0 Å². The third-order valence-corrected chi connectivity index (χ3v) is 3.03. The fraction of sp³-hybridized carbons (Fsp3) is 0.357. The van der Waals surface area contributed by atoms with E-state index in [2.05, 4.69) is 10.1 Å². The summed E-state index contributed by atoms with van der Waals surface area (Å²) < 4.78 is 4.44. The van der Waals surface area contributed by atoms with Crippen LogP contribution in [0.5, 0.6) is 0 Å². The highest BCUT2D eigenvalue weighted by Crippen LogP contribution is 2.10. The number of ether oxygens (including phenoxy) is 1. The van der Waals surface area contributed by atoms with Crippen molar-refractivity contribution < 1.29 is 24.2 Å². The van der Waals surface area contributed by atoms with E-state index < -0.39 is 23.9 Å². The number of nitrogens with one attached hydrogen (secondary N) is 1. The van der Waals surface area contributed by atoms with Gasteiger partial charge in [0.25, 0.3) is 0 Å². The topological polar surface area (TPSA) is 92.7 Å². The lowest BCUT2D eigenvalue weighted by Gasteiger charge is -2.14. The highest BCUT2D eigenvalue weighted by atomic mass is 35.5. The minimum Gasteiger partial charge on any atom is -0.480 e. The average Bonchev–Trinajstić information content (AvgIpc) is 2.45. The summed E-state index contributed by atoms with van der Waals surface area (Å²) in [7, 11) is 1.22.